The van der Waals surface area contributed by atoms with E-state index in [1.54, 1.807) is 6.42 Å². The number of hydrogen-bond acceptors (Lipinski definition) is 0. The molecule has 0 aromatic heterocycles. The maximum absolute atomic E-state index is 2.48. The molecule has 3 saturated carbocycles. The van der Waals surface area contributed by atoms with Crippen molar-refractivity contribution in [2.75, 3.05) is 0 Å². The Morgan fingerprint density at radius 1 is 1.08 bits per heavy atom. The van der Waals surface area contributed by atoms with Crippen molar-refractivity contribution in [3.05, 3.63) is 0 Å². The van der Waals surface area contributed by atoms with Crippen LogP contribution in [0.25, 0.3) is 0 Å². The molecule has 0 heteroatoms. The van der Waals surface area contributed by atoms with Crippen LogP contribution < -0.4 is 0 Å². The normalized spacial score (nSPS) is 51.8. The van der Waals surface area contributed by atoms with Gasteiger partial charge in [-0.15, -0.1) is 0 Å². The lowest BCUT2D eigenvalue weighted by Gasteiger charge is -2.56. The number of rotatable bonds is 2. The van der Waals surface area contributed by atoms with E-state index in [0.29, 0.717) is 0 Å². The van der Waals surface area contributed by atoms with Crippen molar-refractivity contribution in [3.63, 3.8) is 0 Å². The summed E-state index contributed by atoms with van der Waals surface area (Å²) in [5.41, 5.74) is 0. The van der Waals surface area contributed by atoms with Gasteiger partial charge in [0.15, 0.2) is 0 Å². The van der Waals surface area contributed by atoms with E-state index >= 15 is 0 Å². The zero-order valence-corrected chi connectivity index (χ0v) is 8.72. The third-order valence-corrected chi connectivity index (χ3v) is 4.57. The first-order valence-corrected chi connectivity index (χ1v) is 5.74. The van der Waals surface area contributed by atoms with Gasteiger partial charge in [-0.3, -0.25) is 0 Å². The highest BCUT2D eigenvalue weighted by Gasteiger charge is 2.48. The molecule has 5 atom stereocenters. The van der Waals surface area contributed by atoms with Gasteiger partial charge >= 0.3 is 0 Å². The van der Waals surface area contributed by atoms with Crippen LogP contribution in [0.3, 0.4) is 0 Å². The summed E-state index contributed by atoms with van der Waals surface area (Å²) in [5, 5.41) is 0. The predicted molar refractivity (Wildman–Crippen MR) is 52.9 cm³/mol. The lowest BCUT2D eigenvalue weighted by Crippen LogP contribution is -2.48. The Hall–Kier alpha value is 0. The molecule has 3 fully saturated rings. The summed E-state index contributed by atoms with van der Waals surface area (Å²) in [6.45, 7) is 7.29. The molecule has 0 aromatic rings. The van der Waals surface area contributed by atoms with Crippen LogP contribution in [0, 0.1) is 29.6 Å². The largest absolute Gasteiger partial charge is 0.0654 e. The molecule has 3 rings (SSSR count). The molecule has 5 unspecified atom stereocenters. The molecule has 0 nitrogen and oxygen atoms in total. The first-order chi connectivity index (χ1) is 5.74. The average Bonchev–Trinajstić information content (AvgIpc) is 2.02. The lowest BCUT2D eigenvalue weighted by molar-refractivity contribution is -0.0659. The molecule has 0 amide bonds. The van der Waals surface area contributed by atoms with E-state index in [4.69, 9.17) is 0 Å². The van der Waals surface area contributed by atoms with Crippen LogP contribution >= 0.6 is 0 Å². The van der Waals surface area contributed by atoms with Gasteiger partial charge in [0.2, 0.25) is 0 Å². The zero-order valence-electron chi connectivity index (χ0n) is 8.72. The van der Waals surface area contributed by atoms with Crippen LogP contribution in [0.15, 0.2) is 0 Å². The Bertz CT molecular complexity index is 157. The first-order valence-electron chi connectivity index (χ1n) is 5.74. The van der Waals surface area contributed by atoms with Crippen LogP contribution in [0.5, 0.6) is 0 Å². The molecule has 3 aliphatic carbocycles. The van der Waals surface area contributed by atoms with E-state index in [1.807, 2.05) is 0 Å². The molecule has 70 valence electrons. The fourth-order valence-electron chi connectivity index (χ4n) is 3.77. The van der Waals surface area contributed by atoms with Crippen LogP contribution in [0.4, 0.5) is 0 Å². The Morgan fingerprint density at radius 3 is 2.33 bits per heavy atom. The summed E-state index contributed by atoms with van der Waals surface area (Å²) in [6, 6.07) is 0. The van der Waals surface area contributed by atoms with E-state index in [2.05, 4.69) is 20.8 Å². The summed E-state index contributed by atoms with van der Waals surface area (Å²) in [5.74, 6) is 5.39. The number of hydrogen-bond donors (Lipinski definition) is 0. The third kappa shape index (κ3) is 1.11. The van der Waals surface area contributed by atoms with Crippen molar-refractivity contribution in [1.29, 1.82) is 0 Å². The van der Waals surface area contributed by atoms with Gasteiger partial charge in [0.25, 0.3) is 0 Å². The second-order valence-corrected chi connectivity index (χ2v) is 5.18. The van der Waals surface area contributed by atoms with Crippen LogP contribution in [-0.2, 0) is 0 Å². The maximum atomic E-state index is 2.48. The monoisotopic (exact) mass is 166 g/mol. The Labute approximate surface area is 76.7 Å². The lowest BCUT2D eigenvalue weighted by atomic mass is 9.49. The Kier molecular flexibility index (Phi) is 2.18. The van der Waals surface area contributed by atoms with Crippen LogP contribution in [0.2, 0.25) is 0 Å². The van der Waals surface area contributed by atoms with Gasteiger partial charge in [0, 0.05) is 0 Å². The predicted octanol–water partition coefficient (Wildman–Crippen LogP) is 3.71. The van der Waals surface area contributed by atoms with Crippen molar-refractivity contribution in [3.8, 4) is 0 Å². The average molecular weight is 166 g/mol. The standard InChI is InChI=1S/C12H22/c1-4-5-10-6-8(2)11-7-12(10)9(11)3/h8-12H,4-7H2,1-3H3. The fourth-order valence-corrected chi connectivity index (χ4v) is 3.77. The fraction of sp³-hybridized carbons (Fsp3) is 1.00. The quantitative estimate of drug-likeness (QED) is 0.586. The van der Waals surface area contributed by atoms with Gasteiger partial charge in [-0.2, -0.15) is 0 Å². The molecule has 0 aromatic carbocycles. The van der Waals surface area contributed by atoms with E-state index in [9.17, 15) is 0 Å². The van der Waals surface area contributed by atoms with Gasteiger partial charge in [0.1, 0.15) is 0 Å². The SMILES string of the molecule is CCCC1CC(C)C2CC1C2C. The first kappa shape index (κ1) is 8.59. The maximum Gasteiger partial charge on any atom is -0.0354 e. The van der Waals surface area contributed by atoms with Gasteiger partial charge in [-0.05, 0) is 42.4 Å². The molecule has 2 bridgehead atoms. The van der Waals surface area contributed by atoms with E-state index in [-0.39, 0.29) is 0 Å². The Morgan fingerprint density at radius 2 is 1.83 bits per heavy atom. The van der Waals surface area contributed by atoms with Crippen molar-refractivity contribution < 1.29 is 0 Å². The molecule has 0 radical (unpaired) electrons. The molecule has 12 heavy (non-hydrogen) atoms. The summed E-state index contributed by atoms with van der Waals surface area (Å²) in [6.07, 6.45) is 5.98. The van der Waals surface area contributed by atoms with E-state index < -0.39 is 0 Å². The third-order valence-electron chi connectivity index (χ3n) is 4.57. The van der Waals surface area contributed by atoms with Gasteiger partial charge in [-0.1, -0.05) is 33.6 Å². The zero-order chi connectivity index (χ0) is 8.72. The second kappa shape index (κ2) is 3.05. The smallest absolute Gasteiger partial charge is 0.0354 e. The highest BCUT2D eigenvalue weighted by Crippen LogP contribution is 2.56. The molecular formula is C12H22. The highest BCUT2D eigenvalue weighted by atomic mass is 14.5. The molecule has 0 saturated heterocycles. The molecule has 0 N–H and O–H groups in total. The summed E-state index contributed by atoms with van der Waals surface area (Å²) < 4.78 is 0. The Balaban J connectivity index is 1.98. The summed E-state index contributed by atoms with van der Waals surface area (Å²) >= 11 is 0. The summed E-state index contributed by atoms with van der Waals surface area (Å²) in [7, 11) is 0. The minimum atomic E-state index is 1.03. The van der Waals surface area contributed by atoms with Crippen molar-refractivity contribution >= 4 is 0 Å². The molecule has 0 heterocycles. The molecule has 0 spiro atoms. The molecule has 0 aliphatic heterocycles. The van der Waals surface area contributed by atoms with E-state index in [0.717, 1.165) is 29.6 Å². The second-order valence-electron chi connectivity index (χ2n) is 5.18. The molecule has 3 aliphatic rings. The highest BCUT2D eigenvalue weighted by molar-refractivity contribution is 4.98. The topological polar surface area (TPSA) is 0 Å². The minimum absolute atomic E-state index is 1.03. The minimum Gasteiger partial charge on any atom is -0.0654 e. The van der Waals surface area contributed by atoms with Gasteiger partial charge in [-0.25, -0.2) is 0 Å². The van der Waals surface area contributed by atoms with Crippen LogP contribution in [-0.4, -0.2) is 0 Å². The van der Waals surface area contributed by atoms with Crippen molar-refractivity contribution in [2.45, 2.75) is 46.5 Å². The summed E-state index contributed by atoms with van der Waals surface area (Å²) in [4.78, 5) is 0. The van der Waals surface area contributed by atoms with E-state index in [1.165, 1.54) is 19.3 Å². The van der Waals surface area contributed by atoms with Crippen LogP contribution in [0.1, 0.15) is 46.5 Å². The molecular weight excluding hydrogens is 144 g/mol. The van der Waals surface area contributed by atoms with Gasteiger partial charge < -0.3 is 0 Å². The van der Waals surface area contributed by atoms with Crippen molar-refractivity contribution in [2.24, 2.45) is 29.6 Å². The van der Waals surface area contributed by atoms with Gasteiger partial charge in [0.05, 0.1) is 0 Å². The number of fused-ring (bicyclic) bond motifs is 2. The van der Waals surface area contributed by atoms with Crippen molar-refractivity contribution in [1.82, 2.24) is 0 Å².